The zero-order chi connectivity index (χ0) is 16.8. The number of hydrogen-bond acceptors (Lipinski definition) is 4. The second-order valence-electron chi connectivity index (χ2n) is 6.57. The van der Waals surface area contributed by atoms with E-state index < -0.39 is 21.6 Å². The first-order chi connectivity index (χ1) is 10.7. The van der Waals surface area contributed by atoms with Gasteiger partial charge >= 0.3 is 5.97 Å². The molecule has 0 amide bonds. The summed E-state index contributed by atoms with van der Waals surface area (Å²) in [4.78, 5) is 11.1. The molecule has 1 aromatic carbocycles. The first kappa shape index (κ1) is 16.4. The van der Waals surface area contributed by atoms with Gasteiger partial charge in [0.2, 0.25) is 10.0 Å². The number of hydrogen-bond donors (Lipinski definition) is 2. The molecule has 0 spiro atoms. The van der Waals surface area contributed by atoms with Crippen LogP contribution in [-0.2, 0) is 10.0 Å². The minimum absolute atomic E-state index is 0.0797. The molecule has 0 atom stereocenters. The topological polar surface area (TPSA) is 94.9 Å². The molecule has 2 N–H and O–H groups in total. The SMILES string of the molecule is Cc1cc(C(=O)O)ccc1S(=O)(=O)N1CCC(C2(O)CC2)CC1. The van der Waals surface area contributed by atoms with Crippen LogP contribution in [0.4, 0.5) is 0 Å². The number of carboxylic acids is 1. The Bertz CT molecular complexity index is 731. The second-order valence-corrected chi connectivity index (χ2v) is 8.47. The van der Waals surface area contributed by atoms with Crippen molar-refractivity contribution in [1.82, 2.24) is 4.31 Å². The Morgan fingerprint density at radius 1 is 1.26 bits per heavy atom. The summed E-state index contributed by atoms with van der Waals surface area (Å²) in [6.07, 6.45) is 2.98. The monoisotopic (exact) mass is 339 g/mol. The summed E-state index contributed by atoms with van der Waals surface area (Å²) in [7, 11) is -3.62. The molecule has 0 radical (unpaired) electrons. The Kier molecular flexibility index (Phi) is 3.98. The number of aromatic carboxylic acids is 1. The van der Waals surface area contributed by atoms with E-state index in [1.54, 1.807) is 6.92 Å². The van der Waals surface area contributed by atoms with Crippen molar-refractivity contribution in [3.8, 4) is 0 Å². The zero-order valence-electron chi connectivity index (χ0n) is 13.0. The number of aryl methyl sites for hydroxylation is 1. The minimum atomic E-state index is -3.62. The number of benzene rings is 1. The third-order valence-electron chi connectivity index (χ3n) is 5.02. The van der Waals surface area contributed by atoms with Crippen LogP contribution >= 0.6 is 0 Å². The third kappa shape index (κ3) is 3.00. The number of rotatable bonds is 4. The van der Waals surface area contributed by atoms with Crippen molar-refractivity contribution < 1.29 is 23.4 Å². The van der Waals surface area contributed by atoms with Gasteiger partial charge in [-0.05, 0) is 62.3 Å². The van der Waals surface area contributed by atoms with Crippen molar-refractivity contribution in [2.24, 2.45) is 5.92 Å². The van der Waals surface area contributed by atoms with Gasteiger partial charge in [-0.2, -0.15) is 4.31 Å². The van der Waals surface area contributed by atoms with Gasteiger partial charge in [0, 0.05) is 13.1 Å². The maximum atomic E-state index is 12.8. The van der Waals surface area contributed by atoms with E-state index in [4.69, 9.17) is 5.11 Å². The van der Waals surface area contributed by atoms with E-state index in [2.05, 4.69) is 0 Å². The average molecular weight is 339 g/mol. The molecule has 3 rings (SSSR count). The summed E-state index contributed by atoms with van der Waals surface area (Å²) in [5, 5.41) is 19.1. The largest absolute Gasteiger partial charge is 0.478 e. The molecule has 0 bridgehead atoms. The van der Waals surface area contributed by atoms with E-state index in [9.17, 15) is 18.3 Å². The van der Waals surface area contributed by atoms with Crippen molar-refractivity contribution in [2.75, 3.05) is 13.1 Å². The normalized spacial score (nSPS) is 22.0. The first-order valence-electron chi connectivity index (χ1n) is 7.80. The zero-order valence-corrected chi connectivity index (χ0v) is 13.8. The molecule has 0 unspecified atom stereocenters. The van der Waals surface area contributed by atoms with Crippen LogP contribution in [0.1, 0.15) is 41.6 Å². The average Bonchev–Trinajstić information content (AvgIpc) is 3.26. The van der Waals surface area contributed by atoms with Crippen LogP contribution in [0.5, 0.6) is 0 Å². The fraction of sp³-hybridized carbons (Fsp3) is 0.562. The molecule has 1 saturated carbocycles. The number of piperidine rings is 1. The Hall–Kier alpha value is -1.44. The Morgan fingerprint density at radius 2 is 1.87 bits per heavy atom. The lowest BCUT2D eigenvalue weighted by Gasteiger charge is -2.34. The summed E-state index contributed by atoms with van der Waals surface area (Å²) in [6, 6.07) is 4.07. The van der Waals surface area contributed by atoms with Gasteiger partial charge in [0.15, 0.2) is 0 Å². The smallest absolute Gasteiger partial charge is 0.335 e. The van der Waals surface area contributed by atoms with Crippen LogP contribution in [0.15, 0.2) is 23.1 Å². The molecule has 1 saturated heterocycles. The van der Waals surface area contributed by atoms with E-state index in [1.165, 1.54) is 22.5 Å². The molecule has 126 valence electrons. The fourth-order valence-corrected chi connectivity index (χ4v) is 5.06. The van der Waals surface area contributed by atoms with Crippen LogP contribution in [0.3, 0.4) is 0 Å². The highest BCUT2D eigenvalue weighted by molar-refractivity contribution is 7.89. The van der Waals surface area contributed by atoms with Crippen molar-refractivity contribution in [2.45, 2.75) is 43.1 Å². The highest BCUT2D eigenvalue weighted by Crippen LogP contribution is 2.46. The number of carbonyl (C=O) groups is 1. The molecule has 1 aliphatic heterocycles. The van der Waals surface area contributed by atoms with Gasteiger partial charge in [-0.1, -0.05) is 0 Å². The van der Waals surface area contributed by atoms with Crippen LogP contribution < -0.4 is 0 Å². The van der Waals surface area contributed by atoms with Gasteiger partial charge in [-0.25, -0.2) is 13.2 Å². The van der Waals surface area contributed by atoms with Gasteiger partial charge in [-0.15, -0.1) is 0 Å². The Morgan fingerprint density at radius 3 is 2.35 bits per heavy atom. The first-order valence-corrected chi connectivity index (χ1v) is 9.24. The highest BCUT2D eigenvalue weighted by Gasteiger charge is 2.49. The molecule has 1 heterocycles. The summed E-state index contributed by atoms with van der Waals surface area (Å²) in [5.41, 5.74) is -0.0431. The number of aliphatic hydroxyl groups is 1. The lowest BCUT2D eigenvalue weighted by molar-refractivity contribution is 0.0534. The van der Waals surface area contributed by atoms with E-state index in [0.717, 1.165) is 12.8 Å². The standard InChI is InChI=1S/C16H21NO5S/c1-11-10-12(15(18)19)2-3-14(11)23(21,22)17-8-4-13(5-9-17)16(20)6-7-16/h2-3,10,13,20H,4-9H2,1H3,(H,18,19). The van der Waals surface area contributed by atoms with Crippen molar-refractivity contribution in [3.63, 3.8) is 0 Å². The molecule has 6 nitrogen and oxygen atoms in total. The number of carboxylic acid groups (broad SMARTS) is 1. The van der Waals surface area contributed by atoms with Crippen LogP contribution in [0, 0.1) is 12.8 Å². The predicted octanol–water partition coefficient (Wildman–Crippen LogP) is 1.62. The molecule has 23 heavy (non-hydrogen) atoms. The van der Waals surface area contributed by atoms with Crippen molar-refractivity contribution >= 4 is 16.0 Å². The number of sulfonamides is 1. The van der Waals surface area contributed by atoms with Gasteiger partial charge in [0.1, 0.15) is 0 Å². The van der Waals surface area contributed by atoms with E-state index >= 15 is 0 Å². The van der Waals surface area contributed by atoms with Crippen LogP contribution in [0.2, 0.25) is 0 Å². The number of nitrogens with zero attached hydrogens (tertiary/aromatic N) is 1. The highest BCUT2D eigenvalue weighted by atomic mass is 32.2. The molecular weight excluding hydrogens is 318 g/mol. The molecule has 7 heteroatoms. The summed E-state index contributed by atoms with van der Waals surface area (Å²) in [5.74, 6) is -0.889. The summed E-state index contributed by atoms with van der Waals surface area (Å²) in [6.45, 7) is 2.41. The summed E-state index contributed by atoms with van der Waals surface area (Å²) < 4.78 is 27.0. The predicted molar refractivity (Wildman–Crippen MR) is 83.8 cm³/mol. The molecule has 1 aliphatic carbocycles. The maximum absolute atomic E-state index is 12.8. The maximum Gasteiger partial charge on any atom is 0.335 e. The lowest BCUT2D eigenvalue weighted by atomic mass is 9.90. The Balaban J connectivity index is 1.78. The fourth-order valence-electron chi connectivity index (χ4n) is 3.38. The van der Waals surface area contributed by atoms with Crippen molar-refractivity contribution in [1.29, 1.82) is 0 Å². The molecule has 0 aromatic heterocycles. The lowest BCUT2D eigenvalue weighted by Crippen LogP contribution is -2.42. The van der Waals surface area contributed by atoms with Gasteiger partial charge in [0.25, 0.3) is 0 Å². The van der Waals surface area contributed by atoms with Gasteiger partial charge < -0.3 is 10.2 Å². The van der Waals surface area contributed by atoms with E-state index in [0.29, 0.717) is 31.5 Å². The quantitative estimate of drug-likeness (QED) is 0.869. The molecule has 2 fully saturated rings. The molecule has 2 aliphatic rings. The second kappa shape index (κ2) is 5.58. The van der Waals surface area contributed by atoms with E-state index in [-0.39, 0.29) is 16.4 Å². The third-order valence-corrected chi connectivity index (χ3v) is 7.07. The van der Waals surface area contributed by atoms with Crippen LogP contribution in [-0.4, -0.2) is 47.6 Å². The Labute approximate surface area is 135 Å². The molecular formula is C16H21NO5S. The summed E-state index contributed by atoms with van der Waals surface area (Å²) >= 11 is 0. The van der Waals surface area contributed by atoms with Gasteiger partial charge in [-0.3, -0.25) is 0 Å². The van der Waals surface area contributed by atoms with Crippen LogP contribution in [0.25, 0.3) is 0 Å². The van der Waals surface area contributed by atoms with E-state index in [1.807, 2.05) is 0 Å². The minimum Gasteiger partial charge on any atom is -0.478 e. The van der Waals surface area contributed by atoms with Gasteiger partial charge in [0.05, 0.1) is 16.1 Å². The molecule has 1 aromatic rings. The van der Waals surface area contributed by atoms with Crippen molar-refractivity contribution in [3.05, 3.63) is 29.3 Å².